The van der Waals surface area contributed by atoms with Crippen LogP contribution in [0.1, 0.15) is 83.5 Å². The first-order chi connectivity index (χ1) is 14.1. The van der Waals surface area contributed by atoms with E-state index in [9.17, 15) is 14.4 Å². The summed E-state index contributed by atoms with van der Waals surface area (Å²) in [5.74, 6) is -0.935. The van der Waals surface area contributed by atoms with Crippen molar-refractivity contribution >= 4 is 17.8 Å². The van der Waals surface area contributed by atoms with Gasteiger partial charge >= 0.3 is 6.03 Å². The molecule has 0 unspecified atom stereocenters. The molecule has 7 nitrogen and oxygen atoms in total. The molecule has 0 aromatic carbocycles. The molecule has 156 valence electrons. The zero-order valence-corrected chi connectivity index (χ0v) is 17.1. The van der Waals surface area contributed by atoms with E-state index >= 15 is 0 Å². The van der Waals surface area contributed by atoms with Crippen molar-refractivity contribution < 1.29 is 14.4 Å². The Morgan fingerprint density at radius 3 is 1.79 bits per heavy atom. The fraction of sp³-hybridized carbons (Fsp3) is 0.773. The van der Waals surface area contributed by atoms with E-state index in [1.807, 2.05) is 0 Å². The lowest BCUT2D eigenvalue weighted by atomic mass is 9.74. The average molecular weight is 399 g/mol. The highest BCUT2D eigenvalue weighted by atomic mass is 16.2. The Bertz CT molecular complexity index is 663. The Hall–Kier alpha value is -2.41. The van der Waals surface area contributed by atoms with Gasteiger partial charge in [0, 0.05) is 24.9 Å². The van der Waals surface area contributed by atoms with Crippen LogP contribution in [0.15, 0.2) is 0 Å². The fourth-order valence-electron chi connectivity index (χ4n) is 5.23. The lowest BCUT2D eigenvalue weighted by Crippen LogP contribution is -2.69. The molecule has 3 aliphatic rings. The normalized spacial score (nSPS) is 23.7. The number of barbiturate groups is 1. The highest BCUT2D eigenvalue weighted by Gasteiger charge is 2.59. The molecule has 1 heterocycles. The van der Waals surface area contributed by atoms with Crippen molar-refractivity contribution in [1.82, 2.24) is 9.80 Å². The van der Waals surface area contributed by atoms with Crippen LogP contribution in [-0.4, -0.2) is 46.3 Å². The first-order valence-corrected chi connectivity index (χ1v) is 11.0. The largest absolute Gasteiger partial charge is 0.333 e. The molecular formula is C22H30N4O3. The maximum atomic E-state index is 13.7. The van der Waals surface area contributed by atoms with Gasteiger partial charge in [0.1, 0.15) is 5.41 Å². The quantitative estimate of drug-likeness (QED) is 0.499. The predicted octanol–water partition coefficient (Wildman–Crippen LogP) is 4.04. The fourth-order valence-corrected chi connectivity index (χ4v) is 5.23. The summed E-state index contributed by atoms with van der Waals surface area (Å²) < 4.78 is 0. The molecule has 0 aromatic heterocycles. The van der Waals surface area contributed by atoms with Crippen LogP contribution in [0.5, 0.6) is 0 Å². The number of urea groups is 1. The summed E-state index contributed by atoms with van der Waals surface area (Å²) in [6.07, 6.45) is 9.32. The van der Waals surface area contributed by atoms with Crippen LogP contribution < -0.4 is 0 Å². The number of carbonyl (C=O) groups is 3. The van der Waals surface area contributed by atoms with E-state index in [1.54, 1.807) is 0 Å². The Labute approximate surface area is 172 Å². The molecule has 4 amide bonds. The van der Waals surface area contributed by atoms with Crippen LogP contribution >= 0.6 is 0 Å². The summed E-state index contributed by atoms with van der Waals surface area (Å²) >= 11 is 0. The molecule has 0 atom stereocenters. The van der Waals surface area contributed by atoms with Crippen molar-refractivity contribution in [1.29, 1.82) is 5.26 Å². The summed E-state index contributed by atoms with van der Waals surface area (Å²) in [6.45, 7) is 7.23. The van der Waals surface area contributed by atoms with Crippen LogP contribution in [0.3, 0.4) is 0 Å². The third kappa shape index (κ3) is 4.01. The standard InChI is InChI=1S/C22H30N4O3/c1-24-16-14-22(13-8-15-23)19(27)25(17-9-4-2-5-10-17)21(29)26(20(22)28)18-11-6-3-7-12-18/h17-18H,2-14,16H2. The molecular weight excluding hydrogens is 368 g/mol. The lowest BCUT2D eigenvalue weighted by Gasteiger charge is -2.49. The van der Waals surface area contributed by atoms with E-state index in [4.69, 9.17) is 11.8 Å². The minimum Gasteiger partial charge on any atom is -0.317 e. The zero-order chi connectivity index (χ0) is 20.9. The van der Waals surface area contributed by atoms with Crippen molar-refractivity contribution in [3.63, 3.8) is 0 Å². The second-order valence-corrected chi connectivity index (χ2v) is 8.59. The van der Waals surface area contributed by atoms with E-state index in [-0.39, 0.29) is 37.9 Å². The van der Waals surface area contributed by atoms with Gasteiger partial charge in [0.15, 0.2) is 0 Å². The Morgan fingerprint density at radius 1 is 0.897 bits per heavy atom. The molecule has 7 heteroatoms. The molecule has 29 heavy (non-hydrogen) atoms. The van der Waals surface area contributed by atoms with Gasteiger partial charge in [0.25, 0.3) is 0 Å². The minimum absolute atomic E-state index is 0.0358. The second-order valence-electron chi connectivity index (χ2n) is 8.59. The van der Waals surface area contributed by atoms with Crippen molar-refractivity contribution in [2.45, 2.75) is 95.6 Å². The molecule has 2 aliphatic carbocycles. The maximum Gasteiger partial charge on any atom is 0.333 e. The number of imide groups is 2. The topological polar surface area (TPSA) is 85.8 Å². The van der Waals surface area contributed by atoms with Crippen LogP contribution in [0.4, 0.5) is 4.79 Å². The number of rotatable bonds is 6. The lowest BCUT2D eigenvalue weighted by molar-refractivity contribution is -0.163. The van der Waals surface area contributed by atoms with Gasteiger partial charge < -0.3 is 4.85 Å². The summed E-state index contributed by atoms with van der Waals surface area (Å²) in [5.41, 5.74) is -1.46. The van der Waals surface area contributed by atoms with Crippen LogP contribution in [0.25, 0.3) is 4.85 Å². The van der Waals surface area contributed by atoms with E-state index in [0.29, 0.717) is 0 Å². The smallest absolute Gasteiger partial charge is 0.317 e. The summed E-state index contributed by atoms with van der Waals surface area (Å²) in [5, 5.41) is 9.16. The molecule has 1 saturated heterocycles. The Kier molecular flexibility index (Phi) is 6.90. The van der Waals surface area contributed by atoms with Gasteiger partial charge in [0.05, 0.1) is 6.07 Å². The summed E-state index contributed by atoms with van der Waals surface area (Å²) in [6, 6.07) is 1.22. The molecule has 3 fully saturated rings. The van der Waals surface area contributed by atoms with Crippen molar-refractivity contribution in [3.05, 3.63) is 11.4 Å². The molecule has 0 radical (unpaired) electrons. The molecule has 0 spiro atoms. The first kappa shape index (κ1) is 21.3. The molecule has 3 rings (SSSR count). The number of nitrogens with zero attached hydrogens (tertiary/aromatic N) is 4. The zero-order valence-electron chi connectivity index (χ0n) is 17.1. The Morgan fingerprint density at radius 2 is 1.38 bits per heavy atom. The van der Waals surface area contributed by atoms with Gasteiger partial charge in [-0.1, -0.05) is 38.5 Å². The minimum atomic E-state index is -1.46. The van der Waals surface area contributed by atoms with Gasteiger partial charge in [-0.2, -0.15) is 5.26 Å². The number of hydrogen-bond acceptors (Lipinski definition) is 4. The van der Waals surface area contributed by atoms with Crippen LogP contribution in [0, 0.1) is 23.3 Å². The van der Waals surface area contributed by atoms with E-state index in [2.05, 4.69) is 10.9 Å². The van der Waals surface area contributed by atoms with Crippen molar-refractivity contribution in [2.24, 2.45) is 5.41 Å². The van der Waals surface area contributed by atoms with Crippen molar-refractivity contribution in [2.75, 3.05) is 6.54 Å². The van der Waals surface area contributed by atoms with Crippen molar-refractivity contribution in [3.8, 4) is 6.07 Å². The second kappa shape index (κ2) is 9.39. The maximum absolute atomic E-state index is 13.7. The van der Waals surface area contributed by atoms with Gasteiger partial charge in [-0.25, -0.2) is 11.4 Å². The SMILES string of the molecule is [C-]#[N+]CCC1(CCC#N)C(=O)N(C2CCCCC2)C(=O)N(C2CCCCC2)C1=O. The predicted molar refractivity (Wildman–Crippen MR) is 106 cm³/mol. The highest BCUT2D eigenvalue weighted by Crippen LogP contribution is 2.42. The summed E-state index contributed by atoms with van der Waals surface area (Å²) in [7, 11) is 0. The van der Waals surface area contributed by atoms with Crippen LogP contribution in [-0.2, 0) is 9.59 Å². The molecule has 0 bridgehead atoms. The molecule has 2 saturated carbocycles. The monoisotopic (exact) mass is 398 g/mol. The molecule has 1 aliphatic heterocycles. The van der Waals surface area contributed by atoms with Crippen LogP contribution in [0.2, 0.25) is 0 Å². The third-order valence-electron chi connectivity index (χ3n) is 6.86. The molecule has 0 N–H and O–H groups in total. The highest BCUT2D eigenvalue weighted by molar-refractivity contribution is 6.19. The number of carbonyl (C=O) groups excluding carboxylic acids is 3. The van der Waals surface area contributed by atoms with Gasteiger partial charge in [-0.15, -0.1) is 0 Å². The number of nitriles is 1. The van der Waals surface area contributed by atoms with Gasteiger partial charge in [-0.05, 0) is 32.1 Å². The third-order valence-corrected chi connectivity index (χ3v) is 6.86. The number of amides is 4. The molecule has 0 aromatic rings. The summed E-state index contributed by atoms with van der Waals surface area (Å²) in [4.78, 5) is 46.9. The van der Waals surface area contributed by atoms with E-state index in [0.717, 1.165) is 64.2 Å². The van der Waals surface area contributed by atoms with Gasteiger partial charge in [0.2, 0.25) is 18.4 Å². The first-order valence-electron chi connectivity index (χ1n) is 11.0. The van der Waals surface area contributed by atoms with E-state index in [1.165, 1.54) is 9.80 Å². The van der Waals surface area contributed by atoms with E-state index < -0.39 is 23.3 Å². The Balaban J connectivity index is 2.03. The van der Waals surface area contributed by atoms with Gasteiger partial charge in [-0.3, -0.25) is 19.4 Å². The number of hydrogen-bond donors (Lipinski definition) is 0. The average Bonchev–Trinajstić information content (AvgIpc) is 2.75.